The highest BCUT2D eigenvalue weighted by atomic mass is 16.7. The van der Waals surface area contributed by atoms with Crippen molar-refractivity contribution in [1.29, 1.82) is 0 Å². The van der Waals surface area contributed by atoms with Crippen LogP contribution < -0.4 is 0 Å². The van der Waals surface area contributed by atoms with Crippen LogP contribution >= 0.6 is 0 Å². The summed E-state index contributed by atoms with van der Waals surface area (Å²) >= 11 is 0. The van der Waals surface area contributed by atoms with E-state index in [-0.39, 0.29) is 0 Å². The first-order chi connectivity index (χ1) is 11.4. The van der Waals surface area contributed by atoms with Crippen LogP contribution in [0.4, 0.5) is 0 Å². The van der Waals surface area contributed by atoms with E-state index < -0.39 is 5.91 Å². The molecule has 0 amide bonds. The third-order valence-corrected chi connectivity index (χ3v) is 5.12. The quantitative estimate of drug-likeness (QED) is 0.260. The summed E-state index contributed by atoms with van der Waals surface area (Å²) in [6.45, 7) is 13.5. The number of hydrogen-bond donors (Lipinski definition) is 0. The van der Waals surface area contributed by atoms with E-state index in [9.17, 15) is 0 Å². The first kappa shape index (κ1) is 23.9. The molecule has 0 saturated carbocycles. The van der Waals surface area contributed by atoms with Crippen molar-refractivity contribution in [2.45, 2.75) is 117 Å². The lowest BCUT2D eigenvalue weighted by atomic mass is 9.90. The highest BCUT2D eigenvalue weighted by Gasteiger charge is 2.46. The topological polar surface area (TPSA) is 21.7 Å². The second kappa shape index (κ2) is 13.1. The maximum Gasteiger partial charge on any atom is 0.232 e. The lowest BCUT2D eigenvalue weighted by Crippen LogP contribution is -2.61. The summed E-state index contributed by atoms with van der Waals surface area (Å²) in [5.74, 6) is -0.199. The van der Waals surface area contributed by atoms with Crippen LogP contribution in [0.2, 0.25) is 0 Å². The molecule has 0 aromatic rings. The van der Waals surface area contributed by atoms with Crippen molar-refractivity contribution in [2.24, 2.45) is 5.92 Å². The lowest BCUT2D eigenvalue weighted by molar-refractivity contribution is -0.340. The molecular formula is C21H45NO2. The summed E-state index contributed by atoms with van der Waals surface area (Å²) in [5.41, 5.74) is 0. The van der Waals surface area contributed by atoms with Crippen molar-refractivity contribution in [3.05, 3.63) is 0 Å². The molecule has 1 unspecified atom stereocenters. The molecule has 0 aromatic heterocycles. The Kier molecular flexibility index (Phi) is 13.1. The van der Waals surface area contributed by atoms with Gasteiger partial charge in [0, 0.05) is 32.2 Å². The van der Waals surface area contributed by atoms with Gasteiger partial charge in [-0.05, 0) is 40.5 Å². The first-order valence-electron chi connectivity index (χ1n) is 10.3. The Morgan fingerprint density at radius 3 is 1.62 bits per heavy atom. The summed E-state index contributed by atoms with van der Waals surface area (Å²) in [6.07, 6.45) is 11.5. The van der Waals surface area contributed by atoms with E-state index in [1.807, 2.05) is 14.2 Å². The third kappa shape index (κ3) is 7.01. The lowest BCUT2D eigenvalue weighted by Gasteiger charge is -2.50. The second-order valence-corrected chi connectivity index (χ2v) is 7.68. The van der Waals surface area contributed by atoms with Crippen LogP contribution in [0.3, 0.4) is 0 Å². The molecule has 0 aliphatic heterocycles. The van der Waals surface area contributed by atoms with Crippen LogP contribution in [0, 0.1) is 5.92 Å². The Morgan fingerprint density at radius 1 is 0.708 bits per heavy atom. The maximum absolute atomic E-state index is 6.09. The average molecular weight is 344 g/mol. The molecule has 0 heterocycles. The summed E-state index contributed by atoms with van der Waals surface area (Å²) in [6, 6.07) is 0.766. The van der Waals surface area contributed by atoms with Gasteiger partial charge in [-0.15, -0.1) is 0 Å². The van der Waals surface area contributed by atoms with E-state index in [1.165, 1.54) is 51.4 Å². The standard InChI is InChI=1S/C21H45NO2/c1-9-11-12-13-14-15-17-20(16-10-2)21(23-7,24-8)22(18(3)4)19(5)6/h18-20H,9-17H2,1-8H3. The monoisotopic (exact) mass is 343 g/mol. The van der Waals surface area contributed by atoms with Crippen LogP contribution in [0.25, 0.3) is 0 Å². The molecular weight excluding hydrogens is 298 g/mol. The molecule has 0 saturated heterocycles. The molecule has 146 valence electrons. The summed E-state index contributed by atoms with van der Waals surface area (Å²) < 4.78 is 12.2. The molecule has 0 bridgehead atoms. The van der Waals surface area contributed by atoms with Gasteiger partial charge in [-0.3, -0.25) is 0 Å². The SMILES string of the molecule is CCCCCCCCC(CCC)C(OC)(OC)N(C(C)C)C(C)C. The van der Waals surface area contributed by atoms with E-state index in [4.69, 9.17) is 9.47 Å². The van der Waals surface area contributed by atoms with Crippen molar-refractivity contribution in [2.75, 3.05) is 14.2 Å². The molecule has 1 atom stereocenters. The Balaban J connectivity index is 5.06. The minimum absolute atomic E-state index is 0.383. The third-order valence-electron chi connectivity index (χ3n) is 5.12. The average Bonchev–Trinajstić information content (AvgIpc) is 2.54. The Bertz CT molecular complexity index is 280. The van der Waals surface area contributed by atoms with E-state index in [0.29, 0.717) is 18.0 Å². The number of hydrogen-bond acceptors (Lipinski definition) is 3. The van der Waals surface area contributed by atoms with Crippen molar-refractivity contribution in [3.63, 3.8) is 0 Å². The number of methoxy groups -OCH3 is 2. The minimum Gasteiger partial charge on any atom is -0.340 e. The van der Waals surface area contributed by atoms with Crippen LogP contribution in [-0.4, -0.2) is 37.1 Å². The van der Waals surface area contributed by atoms with Crippen LogP contribution in [-0.2, 0) is 9.47 Å². The van der Waals surface area contributed by atoms with Gasteiger partial charge in [0.25, 0.3) is 0 Å². The molecule has 0 rings (SSSR count). The van der Waals surface area contributed by atoms with Crippen molar-refractivity contribution in [3.8, 4) is 0 Å². The normalized spacial score (nSPS) is 14.1. The van der Waals surface area contributed by atoms with Crippen molar-refractivity contribution >= 4 is 0 Å². The van der Waals surface area contributed by atoms with Gasteiger partial charge in [-0.2, -0.15) is 0 Å². The zero-order chi connectivity index (χ0) is 18.6. The van der Waals surface area contributed by atoms with Gasteiger partial charge in [0.1, 0.15) is 0 Å². The molecule has 3 nitrogen and oxygen atoms in total. The van der Waals surface area contributed by atoms with E-state index in [0.717, 1.165) is 6.42 Å². The number of rotatable bonds is 15. The number of ether oxygens (including phenoxy) is 2. The predicted octanol–water partition coefficient (Wildman–Crippen LogP) is 6.22. The Hall–Kier alpha value is -0.120. The smallest absolute Gasteiger partial charge is 0.232 e. The second-order valence-electron chi connectivity index (χ2n) is 7.68. The van der Waals surface area contributed by atoms with Crippen LogP contribution in [0.5, 0.6) is 0 Å². The van der Waals surface area contributed by atoms with Crippen molar-refractivity contribution < 1.29 is 9.47 Å². The van der Waals surface area contributed by atoms with E-state index >= 15 is 0 Å². The zero-order valence-corrected chi connectivity index (χ0v) is 17.9. The van der Waals surface area contributed by atoms with Gasteiger partial charge in [-0.25, -0.2) is 4.90 Å². The fourth-order valence-corrected chi connectivity index (χ4v) is 4.18. The molecule has 0 aliphatic rings. The Morgan fingerprint density at radius 2 is 1.21 bits per heavy atom. The molecule has 3 heteroatoms. The van der Waals surface area contributed by atoms with Gasteiger partial charge in [0.2, 0.25) is 5.91 Å². The fraction of sp³-hybridized carbons (Fsp3) is 1.00. The van der Waals surface area contributed by atoms with Crippen LogP contribution in [0.1, 0.15) is 99.3 Å². The van der Waals surface area contributed by atoms with Gasteiger partial charge >= 0.3 is 0 Å². The molecule has 0 N–H and O–H groups in total. The highest BCUT2D eigenvalue weighted by Crippen LogP contribution is 2.37. The molecule has 24 heavy (non-hydrogen) atoms. The van der Waals surface area contributed by atoms with E-state index in [2.05, 4.69) is 46.4 Å². The highest BCUT2D eigenvalue weighted by molar-refractivity contribution is 4.85. The maximum atomic E-state index is 6.09. The van der Waals surface area contributed by atoms with Gasteiger partial charge in [-0.1, -0.05) is 58.8 Å². The number of nitrogens with zero attached hydrogens (tertiary/aromatic N) is 1. The predicted molar refractivity (Wildman–Crippen MR) is 105 cm³/mol. The first-order valence-corrected chi connectivity index (χ1v) is 10.3. The van der Waals surface area contributed by atoms with Gasteiger partial charge in [0.15, 0.2) is 0 Å². The van der Waals surface area contributed by atoms with Crippen LogP contribution in [0.15, 0.2) is 0 Å². The van der Waals surface area contributed by atoms with Crippen molar-refractivity contribution in [1.82, 2.24) is 4.90 Å². The molecule has 0 spiro atoms. The van der Waals surface area contributed by atoms with Gasteiger partial charge < -0.3 is 9.47 Å². The minimum atomic E-state index is -0.609. The van der Waals surface area contributed by atoms with E-state index in [1.54, 1.807) is 0 Å². The zero-order valence-electron chi connectivity index (χ0n) is 17.9. The summed E-state index contributed by atoms with van der Waals surface area (Å²) in [5, 5.41) is 0. The number of unbranched alkanes of at least 4 members (excludes halogenated alkanes) is 5. The molecule has 0 fully saturated rings. The summed E-state index contributed by atoms with van der Waals surface area (Å²) in [7, 11) is 3.62. The molecule has 0 aromatic carbocycles. The largest absolute Gasteiger partial charge is 0.340 e. The Labute approximate surface area is 152 Å². The molecule has 0 radical (unpaired) electrons. The van der Waals surface area contributed by atoms with Gasteiger partial charge in [0.05, 0.1) is 0 Å². The summed E-state index contributed by atoms with van der Waals surface area (Å²) in [4.78, 5) is 2.41. The fourth-order valence-electron chi connectivity index (χ4n) is 4.18. The molecule has 0 aliphatic carbocycles.